The first-order valence-corrected chi connectivity index (χ1v) is 13.7. The smallest absolute Gasteiger partial charge is 0.347 e. The molecule has 0 bridgehead atoms. The fourth-order valence-electron chi connectivity index (χ4n) is 4.55. The van der Waals surface area contributed by atoms with Gasteiger partial charge in [-0.1, -0.05) is 87.4 Å². The van der Waals surface area contributed by atoms with E-state index < -0.39 is 11.9 Å². The van der Waals surface area contributed by atoms with E-state index in [1.807, 2.05) is 74.5 Å². The van der Waals surface area contributed by atoms with Gasteiger partial charge in [0.1, 0.15) is 47.3 Å². The largest absolute Gasteiger partial charge is 0.507 e. The second kappa shape index (κ2) is 14.0. The number of carbonyl (C=O) groups excluding carboxylic acids is 2. The molecule has 0 fully saturated rings. The Morgan fingerprint density at radius 1 is 0.634 bits per heavy atom. The van der Waals surface area contributed by atoms with Gasteiger partial charge in [0, 0.05) is 12.1 Å². The molecular formula is C34H34O7. The maximum atomic E-state index is 13.3. The lowest BCUT2D eigenvalue weighted by Crippen LogP contribution is -2.14. The summed E-state index contributed by atoms with van der Waals surface area (Å²) in [6.07, 6.45) is 2.37. The van der Waals surface area contributed by atoms with Gasteiger partial charge in [0.25, 0.3) is 0 Å². The monoisotopic (exact) mass is 554 g/mol. The van der Waals surface area contributed by atoms with Crippen molar-refractivity contribution in [3.63, 3.8) is 0 Å². The molecule has 0 radical (unpaired) electrons. The number of esters is 2. The predicted molar refractivity (Wildman–Crippen MR) is 155 cm³/mol. The van der Waals surface area contributed by atoms with Crippen LogP contribution in [0.1, 0.15) is 69.7 Å². The van der Waals surface area contributed by atoms with Gasteiger partial charge in [0.05, 0.1) is 0 Å². The Balaban J connectivity index is 1.54. The highest BCUT2D eigenvalue weighted by molar-refractivity contribution is 5.97. The number of phenolic OH excluding ortho intramolecular Hbond substituents is 2. The van der Waals surface area contributed by atoms with Gasteiger partial charge in [-0.15, -0.1) is 0 Å². The van der Waals surface area contributed by atoms with Crippen molar-refractivity contribution in [2.24, 2.45) is 0 Å². The lowest BCUT2D eigenvalue weighted by molar-refractivity contribution is 0.0468. The molecule has 0 saturated carbocycles. The second-order valence-corrected chi connectivity index (χ2v) is 9.68. The number of hydrogen-bond donors (Lipinski definition) is 2. The molecular weight excluding hydrogens is 520 g/mol. The number of benzene rings is 4. The van der Waals surface area contributed by atoms with Crippen LogP contribution in [0.25, 0.3) is 0 Å². The average molecular weight is 555 g/mol. The zero-order chi connectivity index (χ0) is 29.2. The fourth-order valence-corrected chi connectivity index (χ4v) is 4.55. The third kappa shape index (κ3) is 7.66. The number of rotatable bonds is 12. The molecule has 0 aliphatic heterocycles. The van der Waals surface area contributed by atoms with Crippen molar-refractivity contribution in [2.75, 3.05) is 0 Å². The van der Waals surface area contributed by atoms with Crippen LogP contribution in [0.2, 0.25) is 0 Å². The number of aryl methyl sites for hydroxylation is 2. The summed E-state index contributed by atoms with van der Waals surface area (Å²) in [4.78, 5) is 26.2. The molecule has 41 heavy (non-hydrogen) atoms. The topological polar surface area (TPSA) is 102 Å². The minimum Gasteiger partial charge on any atom is -0.507 e. The van der Waals surface area contributed by atoms with Gasteiger partial charge in [0.15, 0.2) is 0 Å². The molecule has 0 aromatic heterocycles. The lowest BCUT2D eigenvalue weighted by Gasteiger charge is -2.16. The molecule has 0 aliphatic carbocycles. The summed E-state index contributed by atoms with van der Waals surface area (Å²) >= 11 is 0. The molecule has 0 unspecified atom stereocenters. The lowest BCUT2D eigenvalue weighted by atomic mass is 10.0. The SMILES string of the molecule is CCCc1cc(OC(=O)c2c(O)cc(OCc3ccccc3)cc2CCC)cc(O)c1C(=O)OCc1ccccc1. The van der Waals surface area contributed by atoms with Crippen molar-refractivity contribution in [3.8, 4) is 23.0 Å². The maximum absolute atomic E-state index is 13.3. The molecule has 0 spiro atoms. The number of phenols is 2. The zero-order valence-corrected chi connectivity index (χ0v) is 23.3. The zero-order valence-electron chi connectivity index (χ0n) is 23.3. The van der Waals surface area contributed by atoms with Crippen LogP contribution in [0.3, 0.4) is 0 Å². The minimum atomic E-state index is -0.776. The molecule has 4 rings (SSSR count). The number of aromatic hydroxyl groups is 2. The first-order valence-electron chi connectivity index (χ1n) is 13.7. The summed E-state index contributed by atoms with van der Waals surface area (Å²) in [6, 6.07) is 24.8. The predicted octanol–water partition coefficient (Wildman–Crippen LogP) is 7.16. The molecule has 2 N–H and O–H groups in total. The van der Waals surface area contributed by atoms with E-state index in [-0.39, 0.29) is 35.0 Å². The van der Waals surface area contributed by atoms with Gasteiger partial charge in [-0.3, -0.25) is 0 Å². The maximum Gasteiger partial charge on any atom is 0.347 e. The Kier molecular flexibility index (Phi) is 9.99. The van der Waals surface area contributed by atoms with Crippen LogP contribution in [-0.4, -0.2) is 22.2 Å². The third-order valence-corrected chi connectivity index (χ3v) is 6.46. The molecule has 0 amide bonds. The van der Waals surface area contributed by atoms with Crippen LogP contribution in [0.15, 0.2) is 84.9 Å². The Bertz CT molecular complexity index is 1480. The summed E-state index contributed by atoms with van der Waals surface area (Å²) in [5.74, 6) is -1.56. The van der Waals surface area contributed by atoms with Gasteiger partial charge in [-0.25, -0.2) is 9.59 Å². The van der Waals surface area contributed by atoms with E-state index in [1.165, 1.54) is 12.1 Å². The molecule has 7 nitrogen and oxygen atoms in total. The molecule has 0 heterocycles. The second-order valence-electron chi connectivity index (χ2n) is 9.68. The van der Waals surface area contributed by atoms with Crippen LogP contribution in [0, 0.1) is 0 Å². The normalized spacial score (nSPS) is 10.7. The fraction of sp³-hybridized carbons (Fsp3) is 0.235. The van der Waals surface area contributed by atoms with Crippen molar-refractivity contribution in [1.82, 2.24) is 0 Å². The van der Waals surface area contributed by atoms with Crippen molar-refractivity contribution in [2.45, 2.75) is 52.7 Å². The highest BCUT2D eigenvalue weighted by atomic mass is 16.5. The Labute approximate surface area is 240 Å². The van der Waals surface area contributed by atoms with E-state index in [1.54, 1.807) is 12.1 Å². The van der Waals surface area contributed by atoms with Crippen LogP contribution in [0.5, 0.6) is 23.0 Å². The van der Waals surface area contributed by atoms with Gasteiger partial charge < -0.3 is 24.4 Å². The van der Waals surface area contributed by atoms with Crippen molar-refractivity contribution < 1.29 is 34.0 Å². The van der Waals surface area contributed by atoms with Gasteiger partial charge in [0.2, 0.25) is 0 Å². The van der Waals surface area contributed by atoms with Crippen LogP contribution in [0.4, 0.5) is 0 Å². The van der Waals surface area contributed by atoms with Gasteiger partial charge in [-0.05, 0) is 47.2 Å². The average Bonchev–Trinajstić information content (AvgIpc) is 2.96. The van der Waals surface area contributed by atoms with Crippen LogP contribution >= 0.6 is 0 Å². The highest BCUT2D eigenvalue weighted by Gasteiger charge is 2.24. The van der Waals surface area contributed by atoms with E-state index in [2.05, 4.69) is 0 Å². The first kappa shape index (κ1) is 29.2. The standard InChI is InChI=1S/C34H34O7/c1-3-11-25-17-27(39-21-23-13-7-5-8-14-23)19-29(35)32(25)34(38)41-28-18-26(12-4-2)31(30(36)20-28)33(37)40-22-24-15-9-6-10-16-24/h5-10,13-20,35-36H,3-4,11-12,21-22H2,1-2H3. The van der Waals surface area contributed by atoms with E-state index >= 15 is 0 Å². The van der Waals surface area contributed by atoms with E-state index in [9.17, 15) is 19.8 Å². The number of ether oxygens (including phenoxy) is 3. The molecule has 4 aromatic rings. The van der Waals surface area contributed by atoms with Gasteiger partial charge >= 0.3 is 11.9 Å². The number of hydrogen-bond acceptors (Lipinski definition) is 7. The molecule has 0 saturated heterocycles. The quantitative estimate of drug-likeness (QED) is 0.142. The summed E-state index contributed by atoms with van der Waals surface area (Å²) in [5.41, 5.74) is 2.94. The molecule has 7 heteroatoms. The van der Waals surface area contributed by atoms with Crippen molar-refractivity contribution in [3.05, 3.63) is 118 Å². The Morgan fingerprint density at radius 3 is 1.68 bits per heavy atom. The minimum absolute atomic E-state index is 0.0294. The van der Waals surface area contributed by atoms with Crippen LogP contribution in [-0.2, 0) is 30.8 Å². The molecule has 0 atom stereocenters. The molecule has 4 aromatic carbocycles. The number of carbonyl (C=O) groups is 2. The Hall–Kier alpha value is -4.78. The Morgan fingerprint density at radius 2 is 1.12 bits per heavy atom. The summed E-state index contributed by atoms with van der Waals surface area (Å²) in [5, 5.41) is 21.6. The summed E-state index contributed by atoms with van der Waals surface area (Å²) in [6.45, 7) is 4.28. The van der Waals surface area contributed by atoms with Crippen molar-refractivity contribution >= 4 is 11.9 Å². The van der Waals surface area contributed by atoms with E-state index in [0.29, 0.717) is 42.7 Å². The van der Waals surface area contributed by atoms with E-state index in [4.69, 9.17) is 14.2 Å². The molecule has 212 valence electrons. The van der Waals surface area contributed by atoms with Gasteiger partial charge in [-0.2, -0.15) is 0 Å². The molecule has 0 aliphatic rings. The highest BCUT2D eigenvalue weighted by Crippen LogP contribution is 2.33. The summed E-state index contributed by atoms with van der Waals surface area (Å²) < 4.78 is 16.9. The van der Waals surface area contributed by atoms with E-state index in [0.717, 1.165) is 17.5 Å². The van der Waals surface area contributed by atoms with Crippen molar-refractivity contribution in [1.29, 1.82) is 0 Å². The third-order valence-electron chi connectivity index (χ3n) is 6.46. The first-order chi connectivity index (χ1) is 19.9. The van der Waals surface area contributed by atoms with Crippen LogP contribution < -0.4 is 9.47 Å². The summed E-state index contributed by atoms with van der Waals surface area (Å²) in [7, 11) is 0.